The second-order valence-electron chi connectivity index (χ2n) is 5.16. The van der Waals surface area contributed by atoms with Crippen LogP contribution in [0.3, 0.4) is 0 Å². The summed E-state index contributed by atoms with van der Waals surface area (Å²) in [5.41, 5.74) is 5.33. The van der Waals surface area contributed by atoms with Gasteiger partial charge in [0.05, 0.1) is 19.3 Å². The molecular weight excluding hydrogens is 319 g/mol. The minimum absolute atomic E-state index is 0.118. The molecule has 3 nitrogen and oxygen atoms in total. The molecule has 0 aromatic heterocycles. The molecule has 0 bridgehead atoms. The van der Waals surface area contributed by atoms with Crippen LogP contribution in [0.5, 0.6) is 11.5 Å². The monoisotopic (exact) mass is 339 g/mol. The molecule has 0 atom stereocenters. The van der Waals surface area contributed by atoms with Crippen LogP contribution in [0.15, 0.2) is 36.4 Å². The smallest absolute Gasteiger partial charge is 0.417 e. The summed E-state index contributed by atoms with van der Waals surface area (Å²) in [6, 6.07) is 9.34. The molecule has 1 aliphatic heterocycles. The van der Waals surface area contributed by atoms with E-state index >= 15 is 0 Å². The fourth-order valence-corrected chi connectivity index (χ4v) is 2.72. The van der Waals surface area contributed by atoms with Gasteiger partial charge in [-0.25, -0.2) is 0 Å². The van der Waals surface area contributed by atoms with Crippen molar-refractivity contribution in [2.45, 2.75) is 19.0 Å². The van der Waals surface area contributed by atoms with Crippen molar-refractivity contribution in [1.29, 1.82) is 0 Å². The summed E-state index contributed by atoms with van der Waals surface area (Å²) >= 11 is 0. The molecule has 0 fully saturated rings. The van der Waals surface area contributed by atoms with Gasteiger partial charge in [0.25, 0.3) is 0 Å². The Morgan fingerprint density at radius 3 is 2.50 bits per heavy atom. The van der Waals surface area contributed by atoms with E-state index in [1.807, 2.05) is 6.07 Å². The van der Waals surface area contributed by atoms with Gasteiger partial charge in [0.1, 0.15) is 11.5 Å². The number of aryl methyl sites for hydroxylation is 1. The van der Waals surface area contributed by atoms with E-state index in [4.69, 9.17) is 9.47 Å². The molecule has 6 heteroatoms. The SMILES string of the molecule is CN.COc1ccc(-c2cccc3c2OCCC3)c(C(F)(F)F)c1. The molecule has 0 amide bonds. The molecule has 0 aliphatic carbocycles. The summed E-state index contributed by atoms with van der Waals surface area (Å²) in [4.78, 5) is 0. The van der Waals surface area contributed by atoms with Crippen molar-refractivity contribution in [2.24, 2.45) is 5.73 Å². The molecule has 24 heavy (non-hydrogen) atoms. The fraction of sp³-hybridized carbons (Fsp3) is 0.333. The Balaban J connectivity index is 0.00000100. The van der Waals surface area contributed by atoms with Gasteiger partial charge >= 0.3 is 6.18 Å². The van der Waals surface area contributed by atoms with Crippen molar-refractivity contribution in [3.63, 3.8) is 0 Å². The second-order valence-corrected chi connectivity index (χ2v) is 5.16. The fourth-order valence-electron chi connectivity index (χ4n) is 2.72. The highest BCUT2D eigenvalue weighted by Gasteiger charge is 2.35. The summed E-state index contributed by atoms with van der Waals surface area (Å²) in [7, 11) is 2.85. The lowest BCUT2D eigenvalue weighted by Crippen LogP contribution is -2.11. The van der Waals surface area contributed by atoms with E-state index in [1.54, 1.807) is 12.1 Å². The van der Waals surface area contributed by atoms with E-state index in [9.17, 15) is 13.2 Å². The Kier molecular flexibility index (Phi) is 5.72. The number of fused-ring (bicyclic) bond motifs is 1. The zero-order valence-electron chi connectivity index (χ0n) is 13.6. The summed E-state index contributed by atoms with van der Waals surface area (Å²) < 4.78 is 50.7. The van der Waals surface area contributed by atoms with Crippen molar-refractivity contribution in [3.8, 4) is 22.6 Å². The number of alkyl halides is 3. The number of benzene rings is 2. The van der Waals surface area contributed by atoms with Gasteiger partial charge in [-0.3, -0.25) is 0 Å². The lowest BCUT2D eigenvalue weighted by atomic mass is 9.94. The molecule has 1 heterocycles. The van der Waals surface area contributed by atoms with Crippen molar-refractivity contribution in [2.75, 3.05) is 20.8 Å². The molecule has 0 unspecified atom stereocenters. The van der Waals surface area contributed by atoms with Crippen LogP contribution in [-0.4, -0.2) is 20.8 Å². The van der Waals surface area contributed by atoms with Crippen LogP contribution >= 0.6 is 0 Å². The van der Waals surface area contributed by atoms with Gasteiger partial charge in [-0.05, 0) is 49.2 Å². The number of halogens is 3. The van der Waals surface area contributed by atoms with Crippen LogP contribution in [0.25, 0.3) is 11.1 Å². The van der Waals surface area contributed by atoms with Crippen molar-refractivity contribution < 1.29 is 22.6 Å². The summed E-state index contributed by atoms with van der Waals surface area (Å²) in [6.07, 6.45) is -2.76. The first-order valence-corrected chi connectivity index (χ1v) is 7.59. The lowest BCUT2D eigenvalue weighted by Gasteiger charge is -2.22. The van der Waals surface area contributed by atoms with Crippen LogP contribution in [-0.2, 0) is 12.6 Å². The van der Waals surface area contributed by atoms with Crippen LogP contribution < -0.4 is 15.2 Å². The van der Waals surface area contributed by atoms with E-state index in [2.05, 4.69) is 5.73 Å². The van der Waals surface area contributed by atoms with Gasteiger partial charge in [0.15, 0.2) is 0 Å². The van der Waals surface area contributed by atoms with Gasteiger partial charge in [-0.1, -0.05) is 18.2 Å². The normalized spacial score (nSPS) is 13.2. The van der Waals surface area contributed by atoms with Gasteiger partial charge in [-0.15, -0.1) is 0 Å². The first kappa shape index (κ1) is 18.1. The molecule has 1 aliphatic rings. The Morgan fingerprint density at radius 1 is 1.08 bits per heavy atom. The highest BCUT2D eigenvalue weighted by Crippen LogP contribution is 2.43. The number of nitrogens with two attached hydrogens (primary N) is 1. The molecule has 0 saturated heterocycles. The van der Waals surface area contributed by atoms with Crippen LogP contribution in [0.2, 0.25) is 0 Å². The zero-order chi connectivity index (χ0) is 17.7. The lowest BCUT2D eigenvalue weighted by molar-refractivity contribution is -0.137. The molecule has 130 valence electrons. The Labute approximate surface area is 139 Å². The maximum Gasteiger partial charge on any atom is 0.417 e. The summed E-state index contributed by atoms with van der Waals surface area (Å²) in [5, 5.41) is 0. The van der Waals surface area contributed by atoms with Crippen molar-refractivity contribution in [1.82, 2.24) is 0 Å². The quantitative estimate of drug-likeness (QED) is 0.888. The average molecular weight is 339 g/mol. The average Bonchev–Trinajstić information content (AvgIpc) is 2.61. The topological polar surface area (TPSA) is 44.5 Å². The Bertz CT molecular complexity index is 699. The number of methoxy groups -OCH3 is 1. The first-order valence-electron chi connectivity index (χ1n) is 7.59. The number of ether oxygens (including phenoxy) is 2. The number of rotatable bonds is 2. The zero-order valence-corrected chi connectivity index (χ0v) is 13.6. The van der Waals surface area contributed by atoms with Gasteiger partial charge < -0.3 is 15.2 Å². The number of hydrogen-bond acceptors (Lipinski definition) is 3. The third-order valence-electron chi connectivity index (χ3n) is 3.76. The molecule has 2 aromatic rings. The van der Waals surface area contributed by atoms with E-state index in [0.29, 0.717) is 17.9 Å². The van der Waals surface area contributed by atoms with Gasteiger partial charge in [0, 0.05) is 5.56 Å². The van der Waals surface area contributed by atoms with Crippen molar-refractivity contribution in [3.05, 3.63) is 47.5 Å². The molecule has 2 N–H and O–H groups in total. The largest absolute Gasteiger partial charge is 0.497 e. The number of para-hydroxylation sites is 1. The highest BCUT2D eigenvalue weighted by molar-refractivity contribution is 5.76. The standard InChI is InChI=1S/C17H15F3O2.CH5N/c1-21-12-7-8-13(15(10-12)17(18,19)20)14-6-2-4-11-5-3-9-22-16(11)14;1-2/h2,4,6-8,10H,3,5,9H2,1H3;2H2,1H3. The number of hydrogen-bond donors (Lipinski definition) is 1. The molecule has 0 saturated carbocycles. The third-order valence-corrected chi connectivity index (χ3v) is 3.76. The predicted molar refractivity (Wildman–Crippen MR) is 87.4 cm³/mol. The maximum atomic E-state index is 13.4. The van der Waals surface area contributed by atoms with Crippen LogP contribution in [0.1, 0.15) is 17.5 Å². The molecule has 0 spiro atoms. The molecule has 3 rings (SSSR count). The first-order chi connectivity index (χ1) is 11.5. The minimum Gasteiger partial charge on any atom is -0.497 e. The minimum atomic E-state index is -4.46. The highest BCUT2D eigenvalue weighted by atomic mass is 19.4. The van der Waals surface area contributed by atoms with E-state index in [-0.39, 0.29) is 11.3 Å². The second kappa shape index (κ2) is 7.57. The summed E-state index contributed by atoms with van der Waals surface area (Å²) in [6.45, 7) is 0.529. The Hall–Kier alpha value is -2.21. The van der Waals surface area contributed by atoms with E-state index in [1.165, 1.54) is 26.3 Å². The van der Waals surface area contributed by atoms with Gasteiger partial charge in [0.2, 0.25) is 0 Å². The van der Waals surface area contributed by atoms with Crippen LogP contribution in [0, 0.1) is 0 Å². The Morgan fingerprint density at radius 2 is 1.83 bits per heavy atom. The maximum absolute atomic E-state index is 13.4. The van der Waals surface area contributed by atoms with Gasteiger partial charge in [-0.2, -0.15) is 13.2 Å². The van der Waals surface area contributed by atoms with E-state index in [0.717, 1.165) is 24.5 Å². The van der Waals surface area contributed by atoms with Crippen molar-refractivity contribution >= 4 is 0 Å². The molecular formula is C18H20F3NO2. The summed E-state index contributed by atoms with van der Waals surface area (Å²) in [5.74, 6) is 0.742. The molecule has 2 aromatic carbocycles. The third kappa shape index (κ3) is 3.64. The predicted octanol–water partition coefficient (Wildman–Crippen LogP) is 4.28. The molecule has 0 radical (unpaired) electrons. The van der Waals surface area contributed by atoms with Crippen LogP contribution in [0.4, 0.5) is 13.2 Å². The van der Waals surface area contributed by atoms with E-state index < -0.39 is 11.7 Å².